The molecule has 0 fully saturated rings. The Balaban J connectivity index is 2.03. The van der Waals surface area contributed by atoms with Gasteiger partial charge in [-0.1, -0.05) is 11.2 Å². The normalized spacial score (nSPS) is 10.2. The second-order valence-electron chi connectivity index (χ2n) is 3.83. The van der Waals surface area contributed by atoms with Crippen molar-refractivity contribution in [1.82, 2.24) is 15.5 Å². The molecule has 1 amide bonds. The van der Waals surface area contributed by atoms with Crippen LogP contribution in [0.5, 0.6) is 0 Å². The summed E-state index contributed by atoms with van der Waals surface area (Å²) in [5.74, 6) is -1.14. The van der Waals surface area contributed by atoms with Crippen LogP contribution in [0.1, 0.15) is 32.4 Å². The summed E-state index contributed by atoms with van der Waals surface area (Å²) in [6.45, 7) is 1.94. The van der Waals surface area contributed by atoms with Crippen LogP contribution in [-0.2, 0) is 6.54 Å². The van der Waals surface area contributed by atoms with Crippen LogP contribution in [0.4, 0.5) is 0 Å². The number of nitrogens with one attached hydrogen (secondary N) is 1. The molecule has 0 radical (unpaired) electrons. The molecule has 0 aliphatic heterocycles. The SMILES string of the molecule is Cc1cc(CNC(=O)c2cccc(C(=O)O)n2)on1. The van der Waals surface area contributed by atoms with Crippen molar-refractivity contribution in [1.29, 1.82) is 0 Å². The zero-order chi connectivity index (χ0) is 13.8. The van der Waals surface area contributed by atoms with E-state index >= 15 is 0 Å². The fourth-order valence-corrected chi connectivity index (χ4v) is 1.44. The molecule has 98 valence electrons. The van der Waals surface area contributed by atoms with E-state index in [0.717, 1.165) is 5.69 Å². The van der Waals surface area contributed by atoms with Gasteiger partial charge in [0.15, 0.2) is 5.76 Å². The molecule has 0 bridgehead atoms. The molecule has 2 aromatic heterocycles. The lowest BCUT2D eigenvalue weighted by Crippen LogP contribution is -2.24. The smallest absolute Gasteiger partial charge is 0.354 e. The van der Waals surface area contributed by atoms with Crippen LogP contribution >= 0.6 is 0 Å². The molecule has 0 aliphatic carbocycles. The van der Waals surface area contributed by atoms with E-state index in [1.54, 1.807) is 13.0 Å². The largest absolute Gasteiger partial charge is 0.477 e. The number of carboxylic acids is 1. The van der Waals surface area contributed by atoms with E-state index in [4.69, 9.17) is 9.63 Å². The molecule has 2 aromatic rings. The molecule has 0 aliphatic rings. The maximum atomic E-state index is 11.8. The van der Waals surface area contributed by atoms with Gasteiger partial charge in [-0.2, -0.15) is 0 Å². The quantitative estimate of drug-likeness (QED) is 0.850. The second-order valence-corrected chi connectivity index (χ2v) is 3.83. The van der Waals surface area contributed by atoms with Gasteiger partial charge in [0.2, 0.25) is 0 Å². The van der Waals surface area contributed by atoms with Crippen LogP contribution in [-0.4, -0.2) is 27.1 Å². The molecule has 7 heteroatoms. The van der Waals surface area contributed by atoms with Crippen molar-refractivity contribution in [3.05, 3.63) is 47.1 Å². The minimum Gasteiger partial charge on any atom is -0.477 e. The fraction of sp³-hybridized carbons (Fsp3) is 0.167. The van der Waals surface area contributed by atoms with Crippen LogP contribution in [0.25, 0.3) is 0 Å². The Morgan fingerprint density at radius 1 is 1.37 bits per heavy atom. The predicted molar refractivity (Wildman–Crippen MR) is 63.6 cm³/mol. The van der Waals surface area contributed by atoms with E-state index in [9.17, 15) is 9.59 Å². The van der Waals surface area contributed by atoms with Crippen molar-refractivity contribution in [3.8, 4) is 0 Å². The number of carboxylic acid groups (broad SMARTS) is 1. The van der Waals surface area contributed by atoms with E-state index in [0.29, 0.717) is 5.76 Å². The van der Waals surface area contributed by atoms with Gasteiger partial charge < -0.3 is 14.9 Å². The number of pyridine rings is 1. The summed E-state index contributed by atoms with van der Waals surface area (Å²) >= 11 is 0. The van der Waals surface area contributed by atoms with E-state index in [-0.39, 0.29) is 17.9 Å². The molecular formula is C12H11N3O4. The highest BCUT2D eigenvalue weighted by molar-refractivity contribution is 5.94. The number of nitrogens with zero attached hydrogens (tertiary/aromatic N) is 2. The minimum absolute atomic E-state index is 0.0381. The topological polar surface area (TPSA) is 105 Å². The van der Waals surface area contributed by atoms with Gasteiger partial charge in [0.05, 0.1) is 12.2 Å². The monoisotopic (exact) mass is 261 g/mol. The Morgan fingerprint density at radius 2 is 2.11 bits per heavy atom. The summed E-state index contributed by atoms with van der Waals surface area (Å²) in [4.78, 5) is 26.2. The number of hydrogen-bond donors (Lipinski definition) is 2. The summed E-state index contributed by atoms with van der Waals surface area (Å²) in [7, 11) is 0. The minimum atomic E-state index is -1.18. The Labute approximate surface area is 108 Å². The number of amides is 1. The molecular weight excluding hydrogens is 250 g/mol. The Morgan fingerprint density at radius 3 is 2.74 bits per heavy atom. The third-order valence-corrected chi connectivity index (χ3v) is 2.30. The van der Waals surface area contributed by atoms with Crippen molar-refractivity contribution in [2.75, 3.05) is 0 Å². The summed E-state index contributed by atoms with van der Waals surface area (Å²) in [6, 6.07) is 5.91. The molecule has 0 saturated carbocycles. The number of carbonyl (C=O) groups is 2. The summed E-state index contributed by atoms with van der Waals surface area (Å²) in [6.07, 6.45) is 0. The average molecular weight is 261 g/mol. The van der Waals surface area contributed by atoms with Crippen molar-refractivity contribution < 1.29 is 19.2 Å². The van der Waals surface area contributed by atoms with E-state index < -0.39 is 11.9 Å². The van der Waals surface area contributed by atoms with Gasteiger partial charge in [-0.3, -0.25) is 4.79 Å². The Bertz CT molecular complexity index is 621. The van der Waals surface area contributed by atoms with Crippen molar-refractivity contribution >= 4 is 11.9 Å². The molecule has 7 nitrogen and oxygen atoms in total. The molecule has 0 aromatic carbocycles. The van der Waals surface area contributed by atoms with Crippen LogP contribution in [0.3, 0.4) is 0 Å². The first kappa shape index (κ1) is 12.7. The first-order valence-electron chi connectivity index (χ1n) is 5.47. The molecule has 19 heavy (non-hydrogen) atoms. The van der Waals surface area contributed by atoms with Crippen LogP contribution < -0.4 is 5.32 Å². The second kappa shape index (κ2) is 5.30. The Kier molecular flexibility index (Phi) is 3.56. The van der Waals surface area contributed by atoms with Gasteiger partial charge in [-0.15, -0.1) is 0 Å². The summed E-state index contributed by atoms with van der Waals surface area (Å²) < 4.78 is 4.93. The number of rotatable bonds is 4. The highest BCUT2D eigenvalue weighted by Crippen LogP contribution is 2.03. The number of aryl methyl sites for hydroxylation is 1. The lowest BCUT2D eigenvalue weighted by atomic mass is 10.3. The first-order valence-corrected chi connectivity index (χ1v) is 5.47. The number of carbonyl (C=O) groups excluding carboxylic acids is 1. The number of aromatic carboxylic acids is 1. The fourth-order valence-electron chi connectivity index (χ4n) is 1.44. The first-order chi connectivity index (χ1) is 9.06. The standard InChI is InChI=1S/C12H11N3O4/c1-7-5-8(19-15-7)6-13-11(16)9-3-2-4-10(14-9)12(17)18/h2-5H,6H2,1H3,(H,13,16)(H,17,18). The summed E-state index contributed by atoms with van der Waals surface area (Å²) in [5, 5.41) is 15.0. The summed E-state index contributed by atoms with van der Waals surface area (Å²) in [5.41, 5.74) is 0.578. The molecule has 0 atom stereocenters. The number of hydrogen-bond acceptors (Lipinski definition) is 5. The Hall–Kier alpha value is -2.70. The molecule has 2 heterocycles. The van der Waals surface area contributed by atoms with E-state index in [1.165, 1.54) is 18.2 Å². The van der Waals surface area contributed by atoms with Gasteiger partial charge in [-0.25, -0.2) is 9.78 Å². The molecule has 2 N–H and O–H groups in total. The third kappa shape index (κ3) is 3.15. The molecule has 0 unspecified atom stereocenters. The van der Waals surface area contributed by atoms with Crippen molar-refractivity contribution in [2.45, 2.75) is 13.5 Å². The van der Waals surface area contributed by atoms with Crippen LogP contribution in [0.2, 0.25) is 0 Å². The predicted octanol–water partition coefficient (Wildman–Crippen LogP) is 1.01. The lowest BCUT2D eigenvalue weighted by Gasteiger charge is -2.02. The maximum Gasteiger partial charge on any atom is 0.354 e. The van der Waals surface area contributed by atoms with Gasteiger partial charge in [-0.05, 0) is 19.1 Å². The maximum absolute atomic E-state index is 11.8. The lowest BCUT2D eigenvalue weighted by molar-refractivity contribution is 0.0690. The van der Waals surface area contributed by atoms with Gasteiger partial charge >= 0.3 is 5.97 Å². The highest BCUT2D eigenvalue weighted by Gasteiger charge is 2.11. The van der Waals surface area contributed by atoms with Crippen molar-refractivity contribution in [3.63, 3.8) is 0 Å². The van der Waals surface area contributed by atoms with Gasteiger partial charge in [0.1, 0.15) is 11.4 Å². The molecule has 0 spiro atoms. The third-order valence-electron chi connectivity index (χ3n) is 2.30. The van der Waals surface area contributed by atoms with Gasteiger partial charge in [0.25, 0.3) is 5.91 Å². The molecule has 0 saturated heterocycles. The van der Waals surface area contributed by atoms with E-state index in [1.807, 2.05) is 0 Å². The van der Waals surface area contributed by atoms with E-state index in [2.05, 4.69) is 15.5 Å². The highest BCUT2D eigenvalue weighted by atomic mass is 16.5. The van der Waals surface area contributed by atoms with Gasteiger partial charge in [0, 0.05) is 6.07 Å². The van der Waals surface area contributed by atoms with Crippen LogP contribution in [0.15, 0.2) is 28.8 Å². The van der Waals surface area contributed by atoms with Crippen molar-refractivity contribution in [2.24, 2.45) is 0 Å². The molecule has 2 rings (SSSR count). The zero-order valence-corrected chi connectivity index (χ0v) is 10.1. The van der Waals surface area contributed by atoms with Crippen LogP contribution in [0, 0.1) is 6.92 Å². The average Bonchev–Trinajstić information content (AvgIpc) is 2.82. The zero-order valence-electron chi connectivity index (χ0n) is 10.1. The number of aromatic nitrogens is 2.